The second-order valence-electron chi connectivity index (χ2n) is 1.83. The van der Waals surface area contributed by atoms with E-state index in [1.54, 1.807) is 12.1 Å². The van der Waals surface area contributed by atoms with Crippen molar-refractivity contribution in [2.75, 3.05) is 0 Å². The molecule has 1 N–H and O–H groups in total. The Bertz CT molecular complexity index is 322. The first-order valence-electron chi connectivity index (χ1n) is 2.81. The Morgan fingerprint density at radius 1 is 1.36 bits per heavy atom. The van der Waals surface area contributed by atoms with E-state index in [4.69, 9.17) is 10.5 Å². The topological polar surface area (TPSA) is 76.7 Å². The van der Waals surface area contributed by atoms with Crippen molar-refractivity contribution in [1.82, 2.24) is 5.32 Å². The van der Waals surface area contributed by atoms with Crippen molar-refractivity contribution in [3.63, 3.8) is 0 Å². The van der Waals surface area contributed by atoms with Crippen molar-refractivity contribution in [3.8, 4) is 12.1 Å². The minimum Gasteiger partial charge on any atom is -0.321 e. The van der Waals surface area contributed by atoms with Gasteiger partial charge in [-0.25, -0.2) is 0 Å². The van der Waals surface area contributed by atoms with Crippen molar-refractivity contribution in [2.24, 2.45) is 0 Å². The fourth-order valence-electron chi connectivity index (χ4n) is 0.666. The summed E-state index contributed by atoms with van der Waals surface area (Å²) in [6.07, 6.45) is 2.67. The number of hydrogen-bond donors (Lipinski definition) is 1. The Hall–Kier alpha value is -2.07. The van der Waals surface area contributed by atoms with Gasteiger partial charge in [0.1, 0.15) is 12.1 Å². The van der Waals surface area contributed by atoms with Crippen LogP contribution in [0.15, 0.2) is 23.4 Å². The molecule has 0 bridgehead atoms. The molecule has 0 aromatic carbocycles. The average Bonchev–Trinajstić information content (AvgIpc) is 2.39. The molecule has 1 aliphatic heterocycles. The first kappa shape index (κ1) is 7.04. The molecule has 4 heteroatoms. The lowest BCUT2D eigenvalue weighted by atomic mass is 10.2. The highest BCUT2D eigenvalue weighted by molar-refractivity contribution is 5.93. The lowest BCUT2D eigenvalue weighted by molar-refractivity contribution is -0.115. The predicted molar refractivity (Wildman–Crippen MR) is 35.5 cm³/mol. The van der Waals surface area contributed by atoms with Gasteiger partial charge >= 0.3 is 0 Å². The third-order valence-electron chi connectivity index (χ3n) is 1.15. The molecule has 0 aromatic heterocycles. The Labute approximate surface area is 63.0 Å². The van der Waals surface area contributed by atoms with Crippen molar-refractivity contribution >= 4 is 5.91 Å². The molecule has 0 atom stereocenters. The van der Waals surface area contributed by atoms with Crippen LogP contribution in [0.4, 0.5) is 0 Å². The molecule has 0 fully saturated rings. The van der Waals surface area contributed by atoms with Crippen molar-refractivity contribution in [3.05, 3.63) is 23.4 Å². The molecule has 11 heavy (non-hydrogen) atoms. The van der Waals surface area contributed by atoms with Crippen LogP contribution in [-0.4, -0.2) is 5.91 Å². The van der Waals surface area contributed by atoms with E-state index in [0.29, 0.717) is 0 Å². The van der Waals surface area contributed by atoms with Crippen LogP contribution in [0, 0.1) is 22.7 Å². The number of carbonyl (C=O) groups excluding carboxylic acids is 1. The maximum absolute atomic E-state index is 10.5. The second-order valence-corrected chi connectivity index (χ2v) is 1.83. The van der Waals surface area contributed by atoms with Gasteiger partial charge in [-0.1, -0.05) is 0 Å². The third kappa shape index (κ3) is 1.25. The fraction of sp³-hybridized carbons (Fsp3) is 0. The van der Waals surface area contributed by atoms with Gasteiger partial charge in [-0.3, -0.25) is 4.79 Å². The maximum atomic E-state index is 10.5. The van der Waals surface area contributed by atoms with Gasteiger partial charge in [0.05, 0.1) is 5.70 Å². The van der Waals surface area contributed by atoms with Gasteiger partial charge in [0.2, 0.25) is 5.91 Å². The van der Waals surface area contributed by atoms with Gasteiger partial charge in [0, 0.05) is 6.08 Å². The molecule has 1 amide bonds. The number of allylic oxidation sites excluding steroid dienone is 2. The number of carbonyl (C=O) groups is 1. The number of nitrogens with one attached hydrogen (secondary N) is 1. The molecule has 0 saturated heterocycles. The summed E-state index contributed by atoms with van der Waals surface area (Å²) in [5, 5.41) is 19.1. The quantitative estimate of drug-likeness (QED) is 0.486. The van der Waals surface area contributed by atoms with E-state index in [-0.39, 0.29) is 17.2 Å². The summed E-state index contributed by atoms with van der Waals surface area (Å²) in [5.41, 5.74) is 0.201. The molecular weight excluding hydrogens is 142 g/mol. The van der Waals surface area contributed by atoms with Gasteiger partial charge in [-0.2, -0.15) is 10.5 Å². The van der Waals surface area contributed by atoms with Crippen LogP contribution in [0.5, 0.6) is 0 Å². The molecule has 1 rings (SSSR count). The van der Waals surface area contributed by atoms with Crippen LogP contribution in [0.3, 0.4) is 0 Å². The predicted octanol–water partition coefficient (Wildman–Crippen LogP) is -0.0263. The Balaban J connectivity index is 3.03. The van der Waals surface area contributed by atoms with Gasteiger partial charge in [0.15, 0.2) is 5.57 Å². The summed E-state index contributed by atoms with van der Waals surface area (Å²) in [4.78, 5) is 10.5. The van der Waals surface area contributed by atoms with Gasteiger partial charge in [-0.05, 0) is 6.08 Å². The molecule has 0 spiro atoms. The molecule has 0 unspecified atom stereocenters. The van der Waals surface area contributed by atoms with Crippen LogP contribution < -0.4 is 5.32 Å². The number of rotatable bonds is 0. The van der Waals surface area contributed by atoms with Crippen LogP contribution in [-0.2, 0) is 4.79 Å². The molecule has 0 aromatic rings. The molecular formula is C7H3N3O. The molecule has 52 valence electrons. The number of amides is 1. The zero-order valence-corrected chi connectivity index (χ0v) is 5.46. The van der Waals surface area contributed by atoms with Gasteiger partial charge in [-0.15, -0.1) is 0 Å². The summed E-state index contributed by atoms with van der Waals surface area (Å²) < 4.78 is 0. The Kier molecular flexibility index (Phi) is 1.71. The van der Waals surface area contributed by atoms with E-state index in [9.17, 15) is 4.79 Å². The minimum absolute atomic E-state index is 0.0768. The lowest BCUT2D eigenvalue weighted by Gasteiger charge is -1.92. The van der Waals surface area contributed by atoms with E-state index in [1.165, 1.54) is 12.2 Å². The summed E-state index contributed by atoms with van der Waals surface area (Å²) in [6, 6.07) is 3.33. The standard InChI is InChI=1S/C7H3N3O/c8-3-5(4-9)6-1-2-7(11)10-6/h1-2H,(H,10,11). The minimum atomic E-state index is -0.303. The van der Waals surface area contributed by atoms with E-state index in [2.05, 4.69) is 5.32 Å². The highest BCUT2D eigenvalue weighted by Gasteiger charge is 2.11. The zero-order valence-electron chi connectivity index (χ0n) is 5.46. The normalized spacial score (nSPS) is 13.6. The van der Waals surface area contributed by atoms with Gasteiger partial charge in [0.25, 0.3) is 0 Å². The summed E-state index contributed by atoms with van der Waals surface area (Å²) in [7, 11) is 0. The Morgan fingerprint density at radius 3 is 2.36 bits per heavy atom. The van der Waals surface area contributed by atoms with Crippen LogP contribution in [0.2, 0.25) is 0 Å². The fourth-order valence-corrected chi connectivity index (χ4v) is 0.666. The largest absolute Gasteiger partial charge is 0.321 e. The van der Waals surface area contributed by atoms with E-state index >= 15 is 0 Å². The van der Waals surface area contributed by atoms with Crippen LogP contribution in [0.1, 0.15) is 0 Å². The first-order chi connectivity index (χ1) is 5.27. The van der Waals surface area contributed by atoms with E-state index in [0.717, 1.165) is 0 Å². The number of nitrogens with zero attached hydrogens (tertiary/aromatic N) is 2. The third-order valence-corrected chi connectivity index (χ3v) is 1.15. The summed E-state index contributed by atoms with van der Waals surface area (Å²) >= 11 is 0. The SMILES string of the molecule is N#CC(C#N)=C1C=CC(=O)N1. The van der Waals surface area contributed by atoms with Crippen molar-refractivity contribution < 1.29 is 4.79 Å². The Morgan fingerprint density at radius 2 is 2.00 bits per heavy atom. The molecule has 1 heterocycles. The summed E-state index contributed by atoms with van der Waals surface area (Å²) in [6.45, 7) is 0. The maximum Gasteiger partial charge on any atom is 0.248 e. The summed E-state index contributed by atoms with van der Waals surface area (Å²) in [5.74, 6) is -0.303. The molecule has 4 nitrogen and oxygen atoms in total. The first-order valence-corrected chi connectivity index (χ1v) is 2.81. The molecule has 0 aliphatic carbocycles. The number of hydrogen-bond acceptors (Lipinski definition) is 3. The van der Waals surface area contributed by atoms with Gasteiger partial charge < -0.3 is 5.32 Å². The van der Waals surface area contributed by atoms with E-state index < -0.39 is 0 Å². The van der Waals surface area contributed by atoms with Crippen LogP contribution >= 0.6 is 0 Å². The highest BCUT2D eigenvalue weighted by Crippen LogP contribution is 2.05. The smallest absolute Gasteiger partial charge is 0.248 e. The van der Waals surface area contributed by atoms with Crippen molar-refractivity contribution in [1.29, 1.82) is 10.5 Å². The molecule has 0 saturated carbocycles. The van der Waals surface area contributed by atoms with E-state index in [1.807, 2.05) is 0 Å². The average molecular weight is 145 g/mol. The molecule has 0 radical (unpaired) electrons. The monoisotopic (exact) mass is 145 g/mol. The highest BCUT2D eigenvalue weighted by atomic mass is 16.1. The van der Waals surface area contributed by atoms with Crippen molar-refractivity contribution in [2.45, 2.75) is 0 Å². The number of nitriles is 2. The van der Waals surface area contributed by atoms with Crippen LogP contribution in [0.25, 0.3) is 0 Å². The zero-order chi connectivity index (χ0) is 8.27. The second kappa shape index (κ2) is 2.68. The lowest BCUT2D eigenvalue weighted by Crippen LogP contribution is -2.14. The molecule has 1 aliphatic rings.